The van der Waals surface area contributed by atoms with Gasteiger partial charge in [0.15, 0.2) is 0 Å². The molecule has 3 heteroatoms. The topological polar surface area (TPSA) is 38.5 Å². The van der Waals surface area contributed by atoms with Gasteiger partial charge >= 0.3 is 0 Å². The molecule has 0 spiro atoms. The Balaban J connectivity index is 2.07. The van der Waals surface area contributed by atoms with Crippen molar-refractivity contribution in [3.8, 4) is 0 Å². The monoisotopic (exact) mass is 270 g/mol. The van der Waals surface area contributed by atoms with Crippen LogP contribution in [-0.4, -0.2) is 43.8 Å². The second-order valence-corrected chi connectivity index (χ2v) is 5.80. The lowest BCUT2D eigenvalue weighted by Crippen LogP contribution is -2.42. The summed E-state index contributed by atoms with van der Waals surface area (Å²) < 4.78 is 5.52. The molecule has 1 rings (SSSR count). The van der Waals surface area contributed by atoms with E-state index in [2.05, 4.69) is 11.8 Å². The summed E-state index contributed by atoms with van der Waals surface area (Å²) in [5, 5.41) is 0. The lowest BCUT2D eigenvalue weighted by atomic mass is 10.0. The Bertz CT molecular complexity index is 191. The zero-order valence-corrected chi connectivity index (χ0v) is 12.9. The molecule has 1 heterocycles. The van der Waals surface area contributed by atoms with E-state index in [9.17, 15) is 0 Å². The molecular formula is C16H34N2O. The molecule has 0 aromatic rings. The minimum Gasteiger partial charge on any atom is -0.380 e. The first-order valence-electron chi connectivity index (χ1n) is 8.40. The molecule has 0 aliphatic carbocycles. The zero-order chi connectivity index (χ0) is 13.8. The van der Waals surface area contributed by atoms with Gasteiger partial charge in [0, 0.05) is 32.3 Å². The second kappa shape index (κ2) is 11.7. The van der Waals surface area contributed by atoms with Crippen LogP contribution in [-0.2, 0) is 4.74 Å². The van der Waals surface area contributed by atoms with Crippen molar-refractivity contribution in [1.29, 1.82) is 0 Å². The molecule has 1 unspecified atom stereocenters. The van der Waals surface area contributed by atoms with Crippen molar-refractivity contribution >= 4 is 0 Å². The van der Waals surface area contributed by atoms with E-state index >= 15 is 0 Å². The van der Waals surface area contributed by atoms with E-state index in [1.807, 2.05) is 0 Å². The fraction of sp³-hybridized carbons (Fsp3) is 1.00. The van der Waals surface area contributed by atoms with Gasteiger partial charge in [-0.3, -0.25) is 4.90 Å². The van der Waals surface area contributed by atoms with Crippen LogP contribution >= 0.6 is 0 Å². The van der Waals surface area contributed by atoms with Crippen LogP contribution in [0.5, 0.6) is 0 Å². The summed E-state index contributed by atoms with van der Waals surface area (Å²) in [5.74, 6) is 0. The standard InChI is InChI=1S/C16H34N2O/c1-2-3-4-5-6-7-8-10-16(15-17)18-11-9-13-19-14-12-18/h16H,2-15,17H2,1H3. The summed E-state index contributed by atoms with van der Waals surface area (Å²) in [6.07, 6.45) is 12.1. The molecule has 1 saturated heterocycles. The van der Waals surface area contributed by atoms with Crippen LogP contribution in [0.2, 0.25) is 0 Å². The van der Waals surface area contributed by atoms with Crippen LogP contribution < -0.4 is 5.73 Å². The van der Waals surface area contributed by atoms with Gasteiger partial charge < -0.3 is 10.5 Å². The number of rotatable bonds is 10. The van der Waals surface area contributed by atoms with E-state index in [1.54, 1.807) is 0 Å². The fourth-order valence-electron chi connectivity index (χ4n) is 2.92. The Morgan fingerprint density at radius 3 is 2.47 bits per heavy atom. The molecule has 0 bridgehead atoms. The molecule has 2 N–H and O–H groups in total. The predicted octanol–water partition coefficient (Wildman–Crippen LogP) is 3.18. The minimum absolute atomic E-state index is 0.581. The molecule has 0 saturated carbocycles. The Labute approximate surface area is 119 Å². The third-order valence-corrected chi connectivity index (χ3v) is 4.19. The molecule has 0 amide bonds. The number of nitrogens with two attached hydrogens (primary N) is 1. The normalized spacial score (nSPS) is 19.3. The number of ether oxygens (including phenoxy) is 1. The first kappa shape index (κ1) is 16.9. The van der Waals surface area contributed by atoms with Gasteiger partial charge in [-0.2, -0.15) is 0 Å². The third kappa shape index (κ3) is 7.91. The number of hydrogen-bond donors (Lipinski definition) is 1. The van der Waals surface area contributed by atoms with Gasteiger partial charge in [0.2, 0.25) is 0 Å². The third-order valence-electron chi connectivity index (χ3n) is 4.19. The molecule has 1 aliphatic rings. The summed E-state index contributed by atoms with van der Waals surface area (Å²) in [6, 6.07) is 0.581. The molecule has 1 atom stereocenters. The van der Waals surface area contributed by atoms with Crippen molar-refractivity contribution in [3.05, 3.63) is 0 Å². The lowest BCUT2D eigenvalue weighted by molar-refractivity contribution is 0.130. The minimum atomic E-state index is 0.581. The summed E-state index contributed by atoms with van der Waals surface area (Å²) in [4.78, 5) is 2.55. The Hall–Kier alpha value is -0.120. The SMILES string of the molecule is CCCCCCCCCC(CN)N1CCCOCC1. The van der Waals surface area contributed by atoms with Crippen LogP contribution in [0.1, 0.15) is 64.7 Å². The van der Waals surface area contributed by atoms with Gasteiger partial charge in [-0.25, -0.2) is 0 Å². The number of hydrogen-bond acceptors (Lipinski definition) is 3. The van der Waals surface area contributed by atoms with Crippen LogP contribution in [0.25, 0.3) is 0 Å². The van der Waals surface area contributed by atoms with Crippen LogP contribution in [0.3, 0.4) is 0 Å². The molecule has 0 radical (unpaired) electrons. The summed E-state index contributed by atoms with van der Waals surface area (Å²) in [6.45, 7) is 7.11. The van der Waals surface area contributed by atoms with E-state index in [0.717, 1.165) is 32.7 Å². The quantitative estimate of drug-likeness (QED) is 0.620. The van der Waals surface area contributed by atoms with Gasteiger partial charge in [0.25, 0.3) is 0 Å². The number of unbranched alkanes of at least 4 members (excludes halogenated alkanes) is 6. The van der Waals surface area contributed by atoms with Crippen molar-refractivity contribution in [3.63, 3.8) is 0 Å². The molecule has 114 valence electrons. The maximum absolute atomic E-state index is 5.95. The molecule has 1 fully saturated rings. The summed E-state index contributed by atoms with van der Waals surface area (Å²) in [7, 11) is 0. The Morgan fingerprint density at radius 1 is 1.00 bits per heavy atom. The smallest absolute Gasteiger partial charge is 0.0593 e. The lowest BCUT2D eigenvalue weighted by Gasteiger charge is -2.29. The molecule has 3 nitrogen and oxygen atoms in total. The van der Waals surface area contributed by atoms with Crippen LogP contribution in [0.15, 0.2) is 0 Å². The maximum Gasteiger partial charge on any atom is 0.0593 e. The van der Waals surface area contributed by atoms with E-state index in [4.69, 9.17) is 10.5 Å². The summed E-state index contributed by atoms with van der Waals surface area (Å²) in [5.41, 5.74) is 5.95. The Morgan fingerprint density at radius 2 is 1.74 bits per heavy atom. The molecule has 0 aromatic carbocycles. The average Bonchev–Trinajstić information content (AvgIpc) is 2.71. The van der Waals surface area contributed by atoms with Crippen molar-refractivity contribution in [2.24, 2.45) is 5.73 Å². The fourth-order valence-corrected chi connectivity index (χ4v) is 2.92. The van der Waals surface area contributed by atoms with Crippen molar-refractivity contribution in [2.75, 3.05) is 32.8 Å². The molecule has 0 aromatic heterocycles. The van der Waals surface area contributed by atoms with Crippen LogP contribution in [0, 0.1) is 0 Å². The summed E-state index contributed by atoms with van der Waals surface area (Å²) >= 11 is 0. The highest BCUT2D eigenvalue weighted by Crippen LogP contribution is 2.13. The van der Waals surface area contributed by atoms with E-state index in [0.29, 0.717) is 6.04 Å². The largest absolute Gasteiger partial charge is 0.380 e. The zero-order valence-electron chi connectivity index (χ0n) is 12.9. The van der Waals surface area contributed by atoms with Crippen molar-refractivity contribution in [1.82, 2.24) is 4.90 Å². The highest BCUT2D eigenvalue weighted by atomic mass is 16.5. The van der Waals surface area contributed by atoms with Crippen molar-refractivity contribution < 1.29 is 4.74 Å². The highest BCUT2D eigenvalue weighted by molar-refractivity contribution is 4.74. The second-order valence-electron chi connectivity index (χ2n) is 5.80. The van der Waals surface area contributed by atoms with Gasteiger partial charge in [-0.05, 0) is 12.8 Å². The number of nitrogens with zero attached hydrogens (tertiary/aromatic N) is 1. The first-order valence-corrected chi connectivity index (χ1v) is 8.40. The van der Waals surface area contributed by atoms with Gasteiger partial charge in [0.05, 0.1) is 6.61 Å². The van der Waals surface area contributed by atoms with Crippen LogP contribution in [0.4, 0.5) is 0 Å². The molecule has 19 heavy (non-hydrogen) atoms. The van der Waals surface area contributed by atoms with Crippen molar-refractivity contribution in [2.45, 2.75) is 70.8 Å². The average molecular weight is 270 g/mol. The van der Waals surface area contributed by atoms with Gasteiger partial charge in [-0.15, -0.1) is 0 Å². The maximum atomic E-state index is 5.95. The van der Waals surface area contributed by atoms with Gasteiger partial charge in [-0.1, -0.05) is 51.9 Å². The van der Waals surface area contributed by atoms with E-state index in [-0.39, 0.29) is 0 Å². The first-order chi connectivity index (χ1) is 9.38. The predicted molar refractivity (Wildman–Crippen MR) is 82.5 cm³/mol. The molecular weight excluding hydrogens is 236 g/mol. The van der Waals surface area contributed by atoms with Gasteiger partial charge in [0.1, 0.15) is 0 Å². The highest BCUT2D eigenvalue weighted by Gasteiger charge is 2.17. The van der Waals surface area contributed by atoms with E-state index in [1.165, 1.54) is 57.9 Å². The Kier molecular flexibility index (Phi) is 10.4. The van der Waals surface area contributed by atoms with E-state index < -0.39 is 0 Å². The molecule has 1 aliphatic heterocycles.